The molecule has 16 heavy (non-hydrogen) atoms. The molecule has 2 unspecified atom stereocenters. The molecule has 86 valence electrons. The Kier molecular flexibility index (Phi) is 1.86. The van der Waals surface area contributed by atoms with Gasteiger partial charge in [-0.05, 0) is 54.6 Å². The molecule has 1 aromatic rings. The van der Waals surface area contributed by atoms with E-state index < -0.39 is 0 Å². The molecule has 0 aliphatic heterocycles. The van der Waals surface area contributed by atoms with Crippen molar-refractivity contribution in [2.75, 3.05) is 0 Å². The maximum Gasteiger partial charge on any atom is 0.0447 e. The average molecular weight is 215 g/mol. The zero-order chi connectivity index (χ0) is 11.6. The van der Waals surface area contributed by atoms with Gasteiger partial charge in [-0.1, -0.05) is 26.8 Å². The van der Waals surface area contributed by atoms with Gasteiger partial charge in [0.1, 0.15) is 0 Å². The summed E-state index contributed by atoms with van der Waals surface area (Å²) in [5, 5.41) is 0. The van der Waals surface area contributed by atoms with Crippen molar-refractivity contribution < 1.29 is 0 Å². The van der Waals surface area contributed by atoms with E-state index in [4.69, 9.17) is 4.98 Å². The largest absolute Gasteiger partial charge is 0.258 e. The van der Waals surface area contributed by atoms with Crippen molar-refractivity contribution in [3.8, 4) is 0 Å². The van der Waals surface area contributed by atoms with Crippen molar-refractivity contribution >= 4 is 0 Å². The van der Waals surface area contributed by atoms with Crippen LogP contribution in [0.4, 0.5) is 0 Å². The Hall–Kier alpha value is -0.850. The van der Waals surface area contributed by atoms with Gasteiger partial charge < -0.3 is 0 Å². The molecular weight excluding hydrogens is 194 g/mol. The Labute approximate surface area is 98.3 Å². The Morgan fingerprint density at radius 2 is 2.00 bits per heavy atom. The monoisotopic (exact) mass is 215 g/mol. The average Bonchev–Trinajstić information content (AvgIpc) is 2.37. The van der Waals surface area contributed by atoms with Crippen LogP contribution in [0.5, 0.6) is 0 Å². The second kappa shape index (κ2) is 2.88. The topological polar surface area (TPSA) is 12.9 Å². The zero-order valence-electron chi connectivity index (χ0n) is 10.8. The molecule has 1 nitrogen and oxygen atoms in total. The number of hydrogen-bond donors (Lipinski definition) is 0. The first-order valence-corrected chi connectivity index (χ1v) is 6.42. The van der Waals surface area contributed by atoms with Gasteiger partial charge in [0.05, 0.1) is 0 Å². The van der Waals surface area contributed by atoms with Crippen molar-refractivity contribution in [1.82, 2.24) is 4.98 Å². The van der Waals surface area contributed by atoms with E-state index in [2.05, 4.69) is 39.8 Å². The summed E-state index contributed by atoms with van der Waals surface area (Å²) < 4.78 is 0. The summed E-state index contributed by atoms with van der Waals surface area (Å²) in [6.45, 7) is 9.45. The van der Waals surface area contributed by atoms with E-state index in [-0.39, 0.29) is 0 Å². The van der Waals surface area contributed by atoms with Gasteiger partial charge in [0, 0.05) is 11.4 Å². The van der Waals surface area contributed by atoms with Gasteiger partial charge >= 0.3 is 0 Å². The lowest BCUT2D eigenvalue weighted by Crippen LogP contribution is -2.43. The third-order valence-corrected chi connectivity index (χ3v) is 5.58. The second-order valence-corrected chi connectivity index (χ2v) is 6.44. The van der Waals surface area contributed by atoms with Crippen LogP contribution in [0.3, 0.4) is 0 Å². The third kappa shape index (κ3) is 1.04. The van der Waals surface area contributed by atoms with Crippen LogP contribution in [-0.2, 0) is 11.8 Å². The van der Waals surface area contributed by atoms with Gasteiger partial charge in [-0.25, -0.2) is 0 Å². The molecule has 0 amide bonds. The first-order chi connectivity index (χ1) is 7.45. The van der Waals surface area contributed by atoms with E-state index in [1.165, 1.54) is 36.2 Å². The molecule has 2 bridgehead atoms. The van der Waals surface area contributed by atoms with Crippen LogP contribution in [0.25, 0.3) is 0 Å². The van der Waals surface area contributed by atoms with Gasteiger partial charge in [0.2, 0.25) is 0 Å². The highest BCUT2D eigenvalue weighted by Gasteiger charge is 2.55. The van der Waals surface area contributed by atoms with E-state index in [1.807, 2.05) is 0 Å². The van der Waals surface area contributed by atoms with Crippen LogP contribution in [0.1, 0.15) is 50.6 Å². The molecule has 0 spiro atoms. The van der Waals surface area contributed by atoms with E-state index in [9.17, 15) is 0 Å². The van der Waals surface area contributed by atoms with Crippen LogP contribution in [0, 0.1) is 18.3 Å². The van der Waals surface area contributed by atoms with Crippen molar-refractivity contribution in [3.63, 3.8) is 0 Å². The Balaban J connectivity index is 2.23. The lowest BCUT2D eigenvalue weighted by atomic mass is 9.58. The van der Waals surface area contributed by atoms with E-state index in [0.29, 0.717) is 10.8 Å². The van der Waals surface area contributed by atoms with Crippen LogP contribution in [0.2, 0.25) is 0 Å². The van der Waals surface area contributed by atoms with Crippen LogP contribution in [-0.4, -0.2) is 4.98 Å². The summed E-state index contributed by atoms with van der Waals surface area (Å²) in [6.07, 6.45) is 3.90. The normalized spacial score (nSPS) is 34.9. The first kappa shape index (κ1) is 10.3. The van der Waals surface area contributed by atoms with Gasteiger partial charge in [-0.3, -0.25) is 4.98 Å². The SMILES string of the molecule is Cc1ccc2c(n1)CC1CCC2(C)C1(C)C. The summed E-state index contributed by atoms with van der Waals surface area (Å²) in [6, 6.07) is 4.51. The Bertz CT molecular complexity index is 447. The molecule has 1 heterocycles. The fraction of sp³-hybridized carbons (Fsp3) is 0.667. The number of hydrogen-bond acceptors (Lipinski definition) is 1. The molecule has 0 saturated heterocycles. The smallest absolute Gasteiger partial charge is 0.0447 e. The van der Waals surface area contributed by atoms with Gasteiger partial charge in [-0.2, -0.15) is 0 Å². The Morgan fingerprint density at radius 3 is 2.75 bits per heavy atom. The number of fused-ring (bicyclic) bond motifs is 4. The maximum atomic E-state index is 4.77. The summed E-state index contributed by atoms with van der Waals surface area (Å²) in [4.78, 5) is 4.77. The molecular formula is C15H21N. The summed E-state index contributed by atoms with van der Waals surface area (Å²) >= 11 is 0. The Morgan fingerprint density at radius 1 is 1.25 bits per heavy atom. The summed E-state index contributed by atoms with van der Waals surface area (Å²) in [5.74, 6) is 0.833. The number of aryl methyl sites for hydroxylation is 1. The van der Waals surface area contributed by atoms with Crippen molar-refractivity contribution in [2.45, 2.75) is 52.4 Å². The molecule has 1 aromatic heterocycles. The van der Waals surface area contributed by atoms with Gasteiger partial charge in [0.15, 0.2) is 0 Å². The third-order valence-electron chi connectivity index (χ3n) is 5.58. The predicted octanol–water partition coefficient (Wildman–Crippen LogP) is 3.64. The summed E-state index contributed by atoms with van der Waals surface area (Å²) in [5.41, 5.74) is 4.87. The number of pyridine rings is 1. The lowest BCUT2D eigenvalue weighted by molar-refractivity contribution is 0.140. The predicted molar refractivity (Wildman–Crippen MR) is 66.5 cm³/mol. The highest BCUT2D eigenvalue weighted by Crippen LogP contribution is 2.61. The fourth-order valence-electron chi connectivity index (χ4n) is 3.94. The highest BCUT2D eigenvalue weighted by atomic mass is 14.8. The standard InChI is InChI=1S/C15H21N/c1-10-5-6-12-13(16-10)9-11-7-8-15(12,4)14(11,2)3/h5-6,11H,7-9H2,1-4H3. The van der Waals surface area contributed by atoms with Crippen LogP contribution < -0.4 is 0 Å². The molecule has 0 N–H and O–H groups in total. The van der Waals surface area contributed by atoms with Crippen LogP contribution in [0.15, 0.2) is 12.1 Å². The number of rotatable bonds is 0. The zero-order valence-corrected chi connectivity index (χ0v) is 10.8. The molecule has 1 fully saturated rings. The number of nitrogens with zero attached hydrogens (tertiary/aromatic N) is 1. The minimum atomic E-state index is 0.353. The quantitative estimate of drug-likeness (QED) is 0.644. The number of aromatic nitrogens is 1. The molecule has 1 heteroatoms. The summed E-state index contributed by atoms with van der Waals surface area (Å²) in [7, 11) is 0. The van der Waals surface area contributed by atoms with Crippen LogP contribution >= 0.6 is 0 Å². The fourth-order valence-corrected chi connectivity index (χ4v) is 3.94. The lowest BCUT2D eigenvalue weighted by Gasteiger charge is -2.46. The van der Waals surface area contributed by atoms with E-state index in [0.717, 1.165) is 5.92 Å². The molecule has 2 aliphatic carbocycles. The maximum absolute atomic E-state index is 4.77. The second-order valence-electron chi connectivity index (χ2n) is 6.44. The molecule has 2 aliphatic rings. The highest BCUT2D eigenvalue weighted by molar-refractivity contribution is 5.38. The molecule has 0 aromatic carbocycles. The van der Waals surface area contributed by atoms with E-state index >= 15 is 0 Å². The van der Waals surface area contributed by atoms with Crippen molar-refractivity contribution in [1.29, 1.82) is 0 Å². The molecule has 0 radical (unpaired) electrons. The van der Waals surface area contributed by atoms with Gasteiger partial charge in [0.25, 0.3) is 0 Å². The molecule has 1 saturated carbocycles. The molecule has 2 atom stereocenters. The minimum absolute atomic E-state index is 0.353. The molecule has 3 rings (SSSR count). The van der Waals surface area contributed by atoms with Crippen molar-refractivity contribution in [2.24, 2.45) is 11.3 Å². The van der Waals surface area contributed by atoms with Crippen molar-refractivity contribution in [3.05, 3.63) is 29.1 Å². The minimum Gasteiger partial charge on any atom is -0.258 e. The van der Waals surface area contributed by atoms with Gasteiger partial charge in [-0.15, -0.1) is 0 Å². The first-order valence-electron chi connectivity index (χ1n) is 6.42. The van der Waals surface area contributed by atoms with E-state index in [1.54, 1.807) is 0 Å².